The monoisotopic (exact) mass is 366 g/mol. The van der Waals surface area contributed by atoms with Crippen molar-refractivity contribution in [1.29, 1.82) is 0 Å². The molecule has 4 N–H and O–H groups in total. The summed E-state index contributed by atoms with van der Waals surface area (Å²) in [6.45, 7) is 0. The zero-order valence-electron chi connectivity index (χ0n) is 14.5. The zero-order chi connectivity index (χ0) is 18.8. The Morgan fingerprint density at radius 3 is 2.62 bits per heavy atom. The van der Waals surface area contributed by atoms with Gasteiger partial charge in [-0.15, -0.1) is 0 Å². The van der Waals surface area contributed by atoms with E-state index < -0.39 is 0 Å². The summed E-state index contributed by atoms with van der Waals surface area (Å²) in [6.07, 6.45) is 4.94. The van der Waals surface area contributed by atoms with Gasteiger partial charge in [0.2, 0.25) is 0 Å². The first-order valence-corrected chi connectivity index (χ1v) is 8.37. The molecule has 0 aliphatic rings. The van der Waals surface area contributed by atoms with E-state index in [0.29, 0.717) is 16.1 Å². The number of hydrogen-bond donors (Lipinski definition) is 2. The number of fused-ring (bicyclic) bond motifs is 1. The van der Waals surface area contributed by atoms with Crippen molar-refractivity contribution in [2.75, 3.05) is 12.8 Å². The van der Waals surface area contributed by atoms with Gasteiger partial charge in [-0.05, 0) is 41.3 Å². The summed E-state index contributed by atoms with van der Waals surface area (Å²) in [4.78, 5) is 16.6. The second kappa shape index (κ2) is 7.06. The molecule has 0 fully saturated rings. The lowest BCUT2D eigenvalue weighted by Gasteiger charge is -2.13. The number of allylic oxidation sites excluding steroid dienone is 1. The fraction of sp³-hybridized carbons (Fsp3) is 0.100. The Bertz CT molecular complexity index is 1110. The summed E-state index contributed by atoms with van der Waals surface area (Å²) in [6, 6.07) is 10.9. The number of aromatic nitrogens is 1. The fourth-order valence-corrected chi connectivity index (χ4v) is 3.18. The number of hydrogen-bond acceptors (Lipinski definition) is 4. The van der Waals surface area contributed by atoms with Gasteiger partial charge in [0.05, 0.1) is 0 Å². The van der Waals surface area contributed by atoms with Crippen LogP contribution in [0.4, 0.5) is 5.69 Å². The standard InChI is InChI=1S/C20H19ClN4O/c1-24-10-13(9-22)12-3-5-15-16(7-12)18(11-25(2)20(15)26)17-8-14(23)4-6-19(17)21/h3-11H,22-23H2,1-2H3. The Balaban J connectivity index is 2.40. The molecule has 0 saturated heterocycles. The Morgan fingerprint density at radius 2 is 1.92 bits per heavy atom. The van der Waals surface area contributed by atoms with E-state index in [2.05, 4.69) is 4.99 Å². The summed E-state index contributed by atoms with van der Waals surface area (Å²) in [7, 11) is 3.40. The number of anilines is 1. The van der Waals surface area contributed by atoms with Crippen molar-refractivity contribution >= 4 is 39.8 Å². The highest BCUT2D eigenvalue weighted by Gasteiger charge is 2.13. The van der Waals surface area contributed by atoms with Crippen LogP contribution in [0.2, 0.25) is 5.02 Å². The highest BCUT2D eigenvalue weighted by molar-refractivity contribution is 6.34. The number of benzene rings is 2. The molecule has 0 aliphatic heterocycles. The minimum Gasteiger partial charge on any atom is -0.404 e. The third-order valence-corrected chi connectivity index (χ3v) is 4.57. The van der Waals surface area contributed by atoms with Crippen LogP contribution in [0.5, 0.6) is 0 Å². The van der Waals surface area contributed by atoms with E-state index >= 15 is 0 Å². The van der Waals surface area contributed by atoms with Crippen molar-refractivity contribution in [3.8, 4) is 11.1 Å². The molecular weight excluding hydrogens is 348 g/mol. The largest absolute Gasteiger partial charge is 0.404 e. The molecule has 2 aromatic carbocycles. The number of rotatable bonds is 3. The first-order valence-electron chi connectivity index (χ1n) is 7.99. The number of aryl methyl sites for hydroxylation is 1. The summed E-state index contributed by atoms with van der Waals surface area (Å²) in [5, 5.41) is 1.94. The maximum Gasteiger partial charge on any atom is 0.258 e. The molecule has 0 amide bonds. The smallest absolute Gasteiger partial charge is 0.258 e. The Labute approximate surface area is 156 Å². The average Bonchev–Trinajstić information content (AvgIpc) is 2.64. The molecule has 0 radical (unpaired) electrons. The number of nitrogen functional groups attached to an aromatic ring is 1. The molecule has 0 saturated carbocycles. The maximum absolute atomic E-state index is 12.6. The van der Waals surface area contributed by atoms with E-state index in [1.54, 1.807) is 55.3 Å². The van der Waals surface area contributed by atoms with Gasteiger partial charge in [-0.3, -0.25) is 9.79 Å². The topological polar surface area (TPSA) is 86.4 Å². The van der Waals surface area contributed by atoms with Gasteiger partial charge in [-0.1, -0.05) is 17.7 Å². The predicted octanol–water partition coefficient (Wildman–Crippen LogP) is 3.44. The van der Waals surface area contributed by atoms with E-state index in [9.17, 15) is 4.79 Å². The SMILES string of the molecule is CN=CC(=CN)c1ccc2c(=O)n(C)cc(-c3cc(N)ccc3Cl)c2c1. The van der Waals surface area contributed by atoms with Gasteiger partial charge < -0.3 is 16.0 Å². The van der Waals surface area contributed by atoms with Gasteiger partial charge in [0, 0.05) is 65.5 Å². The van der Waals surface area contributed by atoms with Crippen LogP contribution in [0.3, 0.4) is 0 Å². The van der Waals surface area contributed by atoms with E-state index in [1.165, 1.54) is 6.20 Å². The summed E-state index contributed by atoms with van der Waals surface area (Å²) in [5.74, 6) is 0. The average molecular weight is 367 g/mol. The van der Waals surface area contributed by atoms with Gasteiger partial charge in [0.15, 0.2) is 0 Å². The van der Waals surface area contributed by atoms with Gasteiger partial charge in [-0.2, -0.15) is 0 Å². The molecule has 6 heteroatoms. The summed E-state index contributed by atoms with van der Waals surface area (Å²) < 4.78 is 1.55. The lowest BCUT2D eigenvalue weighted by atomic mass is 9.96. The molecule has 3 aromatic rings. The van der Waals surface area contributed by atoms with Gasteiger partial charge >= 0.3 is 0 Å². The third kappa shape index (κ3) is 3.09. The van der Waals surface area contributed by atoms with Crippen LogP contribution in [-0.4, -0.2) is 17.8 Å². The highest BCUT2D eigenvalue weighted by atomic mass is 35.5. The minimum absolute atomic E-state index is 0.0854. The van der Waals surface area contributed by atoms with Crippen LogP contribution < -0.4 is 17.0 Å². The van der Waals surface area contributed by atoms with Crippen molar-refractivity contribution < 1.29 is 0 Å². The van der Waals surface area contributed by atoms with Gasteiger partial charge in [0.25, 0.3) is 5.56 Å². The normalized spacial score (nSPS) is 12.2. The van der Waals surface area contributed by atoms with E-state index in [-0.39, 0.29) is 5.56 Å². The second-order valence-electron chi connectivity index (χ2n) is 5.97. The maximum atomic E-state index is 12.6. The number of nitrogens with two attached hydrogens (primary N) is 2. The van der Waals surface area contributed by atoms with Crippen LogP contribution in [0.25, 0.3) is 27.5 Å². The zero-order valence-corrected chi connectivity index (χ0v) is 15.3. The predicted molar refractivity (Wildman–Crippen MR) is 111 cm³/mol. The van der Waals surface area contributed by atoms with E-state index in [1.807, 2.05) is 12.1 Å². The molecule has 3 rings (SSSR count). The quantitative estimate of drug-likeness (QED) is 0.550. The Kier molecular flexibility index (Phi) is 4.82. The second-order valence-corrected chi connectivity index (χ2v) is 6.37. The summed E-state index contributed by atoms with van der Waals surface area (Å²) >= 11 is 6.41. The van der Waals surface area contributed by atoms with Crippen molar-refractivity contribution in [3.05, 3.63) is 69.7 Å². The molecule has 26 heavy (non-hydrogen) atoms. The molecule has 0 atom stereocenters. The Morgan fingerprint density at radius 1 is 1.15 bits per heavy atom. The third-order valence-electron chi connectivity index (χ3n) is 4.24. The highest BCUT2D eigenvalue weighted by Crippen LogP contribution is 2.34. The van der Waals surface area contributed by atoms with Crippen LogP contribution >= 0.6 is 11.6 Å². The summed E-state index contributed by atoms with van der Waals surface area (Å²) in [5.41, 5.74) is 15.4. The van der Waals surface area contributed by atoms with Gasteiger partial charge in [-0.25, -0.2) is 0 Å². The van der Waals surface area contributed by atoms with Crippen LogP contribution in [0, 0.1) is 0 Å². The fourth-order valence-electron chi connectivity index (χ4n) is 2.96. The molecule has 132 valence electrons. The molecule has 1 aromatic heterocycles. The molecule has 5 nitrogen and oxygen atoms in total. The van der Waals surface area contributed by atoms with Crippen molar-refractivity contribution in [2.45, 2.75) is 0 Å². The molecule has 0 bridgehead atoms. The number of nitrogens with zero attached hydrogens (tertiary/aromatic N) is 2. The Hall–Kier alpha value is -3.05. The lowest BCUT2D eigenvalue weighted by molar-refractivity contribution is 0.875. The number of pyridine rings is 1. The number of halogens is 1. The lowest BCUT2D eigenvalue weighted by Crippen LogP contribution is -2.16. The molecule has 0 spiro atoms. The van der Waals surface area contributed by atoms with Crippen molar-refractivity contribution in [2.24, 2.45) is 17.8 Å². The van der Waals surface area contributed by atoms with Crippen molar-refractivity contribution in [1.82, 2.24) is 4.57 Å². The van der Waals surface area contributed by atoms with Crippen LogP contribution in [-0.2, 0) is 7.05 Å². The van der Waals surface area contributed by atoms with Crippen LogP contribution in [0.15, 0.2) is 58.6 Å². The minimum atomic E-state index is -0.0854. The van der Waals surface area contributed by atoms with Gasteiger partial charge in [0.1, 0.15) is 0 Å². The molecular formula is C20H19ClN4O. The molecule has 0 aliphatic carbocycles. The van der Waals surface area contributed by atoms with E-state index in [4.69, 9.17) is 23.1 Å². The van der Waals surface area contributed by atoms with E-state index in [0.717, 1.165) is 27.6 Å². The first kappa shape index (κ1) is 17.8. The molecule has 1 heterocycles. The number of aliphatic imine (C=N–C) groups is 1. The first-order chi connectivity index (χ1) is 12.5. The van der Waals surface area contributed by atoms with Crippen molar-refractivity contribution in [3.63, 3.8) is 0 Å². The van der Waals surface area contributed by atoms with Crippen LogP contribution in [0.1, 0.15) is 5.56 Å². The molecule has 0 unspecified atom stereocenters.